The number of anilines is 2. The molecule has 0 N–H and O–H groups in total. The minimum Gasteiger partial charge on any atom is -0.340 e. The van der Waals surface area contributed by atoms with Gasteiger partial charge in [-0.3, -0.25) is 0 Å². The lowest BCUT2D eigenvalue weighted by Gasteiger charge is -2.33. The molecule has 0 saturated heterocycles. The molecule has 2 nitrogen and oxygen atoms in total. The van der Waals surface area contributed by atoms with Crippen LogP contribution in [0.25, 0.3) is 0 Å². The quantitative estimate of drug-likeness (QED) is 0.789. The number of hydrogen-bond donors (Lipinski definition) is 0. The molecule has 110 valence electrons. The first-order valence-corrected chi connectivity index (χ1v) is 7.41. The van der Waals surface area contributed by atoms with Crippen LogP contribution in [0.5, 0.6) is 0 Å². The highest BCUT2D eigenvalue weighted by Gasteiger charge is 2.22. The largest absolute Gasteiger partial charge is 0.340 e. The number of para-hydroxylation sites is 1. The van der Waals surface area contributed by atoms with E-state index in [0.717, 1.165) is 21.6 Å². The van der Waals surface area contributed by atoms with Crippen LogP contribution in [0.15, 0.2) is 52.2 Å². The van der Waals surface area contributed by atoms with Crippen molar-refractivity contribution in [2.24, 2.45) is 0 Å². The molecule has 0 radical (unpaired) electrons. The van der Waals surface area contributed by atoms with Gasteiger partial charge in [-0.15, -0.1) is 0 Å². The molecule has 2 aromatic carbocycles. The van der Waals surface area contributed by atoms with Gasteiger partial charge < -0.3 is 9.80 Å². The molecule has 2 aromatic rings. The Hall–Kier alpha value is -1.16. The van der Waals surface area contributed by atoms with Crippen LogP contribution >= 0.6 is 23.4 Å². The molecular weight excluding hydrogens is 300 g/mol. The van der Waals surface area contributed by atoms with Crippen molar-refractivity contribution < 1.29 is 12.3 Å². The van der Waals surface area contributed by atoms with Crippen molar-refractivity contribution in [2.75, 3.05) is 32.0 Å². The summed E-state index contributed by atoms with van der Waals surface area (Å²) in [6, 6.07) is 5.41. The SMILES string of the molecule is [2H]c1c([2H])c2c(c([2H])c1Cl)N(C([2H])([2H])C([2H])([2H])C([2H])([2H])N(C)C)c1ccccc1S2. The highest BCUT2D eigenvalue weighted by atomic mass is 35.5. The molecule has 0 bridgehead atoms. The fourth-order valence-corrected chi connectivity index (χ4v) is 2.97. The highest BCUT2D eigenvalue weighted by molar-refractivity contribution is 7.99. The second-order valence-electron chi connectivity index (χ2n) is 4.51. The Kier molecular flexibility index (Phi) is 2.22. The summed E-state index contributed by atoms with van der Waals surface area (Å²) >= 11 is 7.16. The molecule has 0 unspecified atom stereocenters. The van der Waals surface area contributed by atoms with Crippen molar-refractivity contribution in [3.8, 4) is 0 Å². The van der Waals surface area contributed by atoms with Crippen molar-refractivity contribution >= 4 is 34.7 Å². The van der Waals surface area contributed by atoms with E-state index in [4.69, 9.17) is 23.9 Å². The van der Waals surface area contributed by atoms with Gasteiger partial charge in [0, 0.05) is 29.5 Å². The lowest BCUT2D eigenvalue weighted by atomic mass is 10.2. The Balaban J connectivity index is 2.38. The second-order valence-corrected chi connectivity index (χ2v) is 5.95. The number of benzene rings is 2. The third-order valence-electron chi connectivity index (χ3n) is 2.72. The van der Waals surface area contributed by atoms with E-state index in [9.17, 15) is 0 Å². The van der Waals surface area contributed by atoms with Gasteiger partial charge >= 0.3 is 0 Å². The van der Waals surface area contributed by atoms with Crippen LogP contribution in [0.4, 0.5) is 11.4 Å². The average Bonchev–Trinajstić information content (AvgIpc) is 2.68. The maximum absolute atomic E-state index is 8.73. The summed E-state index contributed by atoms with van der Waals surface area (Å²) in [6.45, 7) is -5.72. The Morgan fingerprint density at radius 3 is 2.86 bits per heavy atom. The summed E-state index contributed by atoms with van der Waals surface area (Å²) in [5.41, 5.74) is 0.0632. The van der Waals surface area contributed by atoms with Gasteiger partial charge in [-0.05, 0) is 57.2 Å². The van der Waals surface area contributed by atoms with E-state index in [2.05, 4.69) is 0 Å². The third kappa shape index (κ3) is 3.20. The molecule has 0 saturated carbocycles. The van der Waals surface area contributed by atoms with E-state index in [1.54, 1.807) is 18.2 Å². The zero-order chi connectivity index (χ0) is 22.8. The molecule has 1 aliphatic rings. The number of hydrogen-bond acceptors (Lipinski definition) is 3. The summed E-state index contributed by atoms with van der Waals surface area (Å²) in [5, 5.41) is -0.351. The van der Waals surface area contributed by atoms with E-state index in [-0.39, 0.29) is 33.4 Å². The summed E-state index contributed by atoms with van der Waals surface area (Å²) in [5.74, 6) is 0. The fourth-order valence-electron chi connectivity index (χ4n) is 1.86. The maximum Gasteiger partial charge on any atom is 0.0661 e. The molecule has 4 heteroatoms. The first kappa shape index (κ1) is 7.40. The van der Waals surface area contributed by atoms with Crippen LogP contribution in [0, 0.1) is 0 Å². The van der Waals surface area contributed by atoms with Crippen LogP contribution in [0.1, 0.15) is 18.7 Å². The predicted molar refractivity (Wildman–Crippen MR) is 92.2 cm³/mol. The molecule has 0 aliphatic carbocycles. The molecule has 1 aliphatic heterocycles. The standard InChI is InChI=1S/C17H19ClN2S/c1-19(2)10-5-11-20-14-6-3-4-7-16(14)21-17-9-8-13(18)12-15(17)20/h3-4,6-9,12H,5,10-11H2,1-2H3/i5D2,8D,9D,10D2,11D2,12D. The van der Waals surface area contributed by atoms with Crippen molar-refractivity contribution in [3.05, 3.63) is 47.4 Å². The predicted octanol–water partition coefficient (Wildman–Crippen LogP) is 4.89. The van der Waals surface area contributed by atoms with Crippen LogP contribution < -0.4 is 4.90 Å². The van der Waals surface area contributed by atoms with Gasteiger partial charge in [-0.1, -0.05) is 35.5 Å². The zero-order valence-electron chi connectivity index (χ0n) is 20.5. The van der Waals surface area contributed by atoms with Crippen LogP contribution in [0.2, 0.25) is 5.02 Å². The van der Waals surface area contributed by atoms with Gasteiger partial charge in [0.1, 0.15) is 0 Å². The molecule has 1 heterocycles. The van der Waals surface area contributed by atoms with Gasteiger partial charge in [-0.2, -0.15) is 0 Å². The van der Waals surface area contributed by atoms with E-state index in [1.165, 1.54) is 20.2 Å². The Labute approximate surface area is 148 Å². The Morgan fingerprint density at radius 2 is 2.05 bits per heavy atom. The average molecular weight is 328 g/mol. The molecule has 0 atom stereocenters. The third-order valence-corrected chi connectivity index (χ3v) is 3.97. The first-order chi connectivity index (χ1) is 13.7. The number of rotatable bonds is 4. The lowest BCUT2D eigenvalue weighted by Crippen LogP contribution is -2.25. The number of nitrogens with zero attached hydrogens (tertiary/aromatic N) is 2. The first-order valence-electron chi connectivity index (χ1n) is 10.7. The summed E-state index contributed by atoms with van der Waals surface area (Å²) < 4.78 is 75.5. The van der Waals surface area contributed by atoms with Crippen molar-refractivity contribution in [3.63, 3.8) is 0 Å². The van der Waals surface area contributed by atoms with Crippen LogP contribution in [-0.4, -0.2) is 32.0 Å². The van der Waals surface area contributed by atoms with E-state index >= 15 is 0 Å². The van der Waals surface area contributed by atoms with Crippen molar-refractivity contribution in [1.82, 2.24) is 4.90 Å². The zero-order valence-corrected chi connectivity index (χ0v) is 13.1. The smallest absolute Gasteiger partial charge is 0.0661 e. The van der Waals surface area contributed by atoms with Gasteiger partial charge in [-0.25, -0.2) is 0 Å². The summed E-state index contributed by atoms with van der Waals surface area (Å²) in [6.07, 6.45) is -3.09. The topological polar surface area (TPSA) is 6.48 Å². The van der Waals surface area contributed by atoms with Gasteiger partial charge in [0.05, 0.1) is 15.5 Å². The van der Waals surface area contributed by atoms with E-state index < -0.39 is 25.4 Å². The molecule has 3 rings (SSSR count). The minimum absolute atomic E-state index is 0.0955. The molecule has 0 spiro atoms. The maximum atomic E-state index is 8.73. The van der Waals surface area contributed by atoms with E-state index in [1.807, 2.05) is 0 Å². The normalized spacial score (nSPS) is 21.5. The molecule has 21 heavy (non-hydrogen) atoms. The summed E-state index contributed by atoms with van der Waals surface area (Å²) in [7, 11) is 2.62. The molecule has 0 aromatic heterocycles. The van der Waals surface area contributed by atoms with Gasteiger partial charge in [0.25, 0.3) is 0 Å². The van der Waals surface area contributed by atoms with E-state index in [0.29, 0.717) is 4.90 Å². The number of halogens is 1. The van der Waals surface area contributed by atoms with Crippen molar-refractivity contribution in [2.45, 2.75) is 16.2 Å². The lowest BCUT2D eigenvalue weighted by molar-refractivity contribution is 0.402. The van der Waals surface area contributed by atoms with Gasteiger partial charge in [0.15, 0.2) is 0 Å². The van der Waals surface area contributed by atoms with Crippen LogP contribution in [0.3, 0.4) is 0 Å². The van der Waals surface area contributed by atoms with Crippen LogP contribution in [-0.2, 0) is 0 Å². The Bertz CT molecular complexity index is 1010. The summed E-state index contributed by atoms with van der Waals surface area (Å²) in [4.78, 5) is 2.44. The second kappa shape index (κ2) is 6.30. The Morgan fingerprint density at radius 1 is 1.24 bits per heavy atom. The number of fused-ring (bicyclic) bond motifs is 2. The monoisotopic (exact) mass is 327 g/mol. The fraction of sp³-hybridized carbons (Fsp3) is 0.294. The van der Waals surface area contributed by atoms with Gasteiger partial charge in [0.2, 0.25) is 0 Å². The highest BCUT2D eigenvalue weighted by Crippen LogP contribution is 2.48. The molecule has 0 fully saturated rings. The van der Waals surface area contributed by atoms with Crippen molar-refractivity contribution in [1.29, 1.82) is 0 Å². The molecular formula is C17H19ClN2S. The minimum atomic E-state index is -3.09. The molecule has 0 amide bonds.